The number of rotatable bonds is 7. The highest BCUT2D eigenvalue weighted by atomic mass is 19.1. The van der Waals surface area contributed by atoms with Gasteiger partial charge in [-0.25, -0.2) is 9.18 Å². The number of amides is 1. The number of Topliss-reactive ketones (excluding diaryl/α,β-unsaturated/α-hetero) is 1. The van der Waals surface area contributed by atoms with Crippen molar-refractivity contribution in [3.05, 3.63) is 59.9 Å². The summed E-state index contributed by atoms with van der Waals surface area (Å²) in [4.78, 5) is 38.1. The topological polar surface area (TPSA) is 72.9 Å². The molecule has 0 bridgehead atoms. The van der Waals surface area contributed by atoms with Crippen LogP contribution in [0.3, 0.4) is 0 Å². The van der Waals surface area contributed by atoms with E-state index in [-0.39, 0.29) is 11.7 Å². The Morgan fingerprint density at radius 2 is 1.72 bits per heavy atom. The zero-order valence-corrected chi connectivity index (χ0v) is 16.3. The van der Waals surface area contributed by atoms with Crippen LogP contribution in [0.2, 0.25) is 0 Å². The van der Waals surface area contributed by atoms with Crippen LogP contribution in [0.25, 0.3) is 0 Å². The summed E-state index contributed by atoms with van der Waals surface area (Å²) in [6, 6.07) is 11.9. The highest BCUT2D eigenvalue weighted by molar-refractivity contribution is 5.99. The average molecular weight is 399 g/mol. The Morgan fingerprint density at radius 1 is 1.07 bits per heavy atom. The lowest BCUT2D eigenvalue weighted by Gasteiger charge is -2.24. The first-order valence-electron chi connectivity index (χ1n) is 9.32. The number of anilines is 1. The van der Waals surface area contributed by atoms with Gasteiger partial charge in [0.05, 0.1) is 0 Å². The van der Waals surface area contributed by atoms with Crippen molar-refractivity contribution in [2.75, 3.05) is 18.1 Å². The summed E-state index contributed by atoms with van der Waals surface area (Å²) in [5.41, 5.74) is -0.224. The van der Waals surface area contributed by atoms with Gasteiger partial charge in [0.25, 0.3) is 0 Å². The lowest BCUT2D eigenvalue weighted by Crippen LogP contribution is -2.40. The third-order valence-electron chi connectivity index (χ3n) is 4.59. The van der Waals surface area contributed by atoms with E-state index >= 15 is 0 Å². The van der Waals surface area contributed by atoms with Crippen molar-refractivity contribution in [3.63, 3.8) is 0 Å². The van der Waals surface area contributed by atoms with Gasteiger partial charge >= 0.3 is 5.97 Å². The van der Waals surface area contributed by atoms with Crippen LogP contribution in [-0.4, -0.2) is 36.4 Å². The number of carbonyl (C=O) groups is 3. The largest absolute Gasteiger partial charge is 0.476 e. The molecule has 1 heterocycles. The summed E-state index contributed by atoms with van der Waals surface area (Å²) >= 11 is 0. The summed E-state index contributed by atoms with van der Waals surface area (Å²) in [6.45, 7) is 3.25. The smallest absolute Gasteiger partial charge is 0.350 e. The van der Waals surface area contributed by atoms with Gasteiger partial charge in [-0.3, -0.25) is 9.59 Å². The van der Waals surface area contributed by atoms with E-state index in [1.807, 2.05) is 0 Å². The number of ketones is 1. The second kappa shape index (κ2) is 8.43. The normalized spacial score (nSPS) is 14.0. The van der Waals surface area contributed by atoms with E-state index in [0.29, 0.717) is 24.3 Å². The Balaban J connectivity index is 1.55. The Morgan fingerprint density at radius 3 is 2.31 bits per heavy atom. The minimum atomic E-state index is -1.35. The Kier molecular flexibility index (Phi) is 5.96. The van der Waals surface area contributed by atoms with Gasteiger partial charge in [0, 0.05) is 24.2 Å². The second-order valence-corrected chi connectivity index (χ2v) is 7.26. The van der Waals surface area contributed by atoms with Gasteiger partial charge < -0.3 is 14.4 Å². The molecule has 2 aromatic rings. The zero-order chi connectivity index (χ0) is 21.0. The molecule has 1 saturated heterocycles. The fraction of sp³-hybridized carbons (Fsp3) is 0.318. The van der Waals surface area contributed by atoms with Crippen molar-refractivity contribution >= 4 is 23.3 Å². The van der Waals surface area contributed by atoms with Crippen LogP contribution in [0.4, 0.5) is 10.1 Å². The number of benzene rings is 2. The molecule has 0 radical (unpaired) electrons. The number of nitrogens with zero attached hydrogens (tertiary/aromatic N) is 1. The van der Waals surface area contributed by atoms with E-state index in [1.165, 1.54) is 38.1 Å². The molecule has 6 nitrogen and oxygen atoms in total. The molecule has 1 aliphatic rings. The summed E-state index contributed by atoms with van der Waals surface area (Å²) in [6.07, 6.45) is 1.36. The van der Waals surface area contributed by atoms with Crippen molar-refractivity contribution in [2.24, 2.45) is 0 Å². The summed E-state index contributed by atoms with van der Waals surface area (Å²) in [5, 5.41) is 0. The molecule has 1 fully saturated rings. The van der Waals surface area contributed by atoms with Crippen LogP contribution in [0, 0.1) is 5.82 Å². The van der Waals surface area contributed by atoms with E-state index in [0.717, 1.165) is 12.1 Å². The molecule has 0 atom stereocenters. The maximum atomic E-state index is 13.0. The van der Waals surface area contributed by atoms with Gasteiger partial charge in [-0.1, -0.05) is 0 Å². The van der Waals surface area contributed by atoms with E-state index in [9.17, 15) is 18.8 Å². The van der Waals surface area contributed by atoms with Crippen molar-refractivity contribution in [2.45, 2.75) is 32.3 Å². The number of esters is 1. The summed E-state index contributed by atoms with van der Waals surface area (Å²) < 4.78 is 23.6. The Hall–Kier alpha value is -3.22. The van der Waals surface area contributed by atoms with Gasteiger partial charge in [-0.05, 0) is 68.8 Å². The maximum Gasteiger partial charge on any atom is 0.350 e. The molecule has 0 saturated carbocycles. The van der Waals surface area contributed by atoms with Gasteiger partial charge in [0.1, 0.15) is 11.6 Å². The number of ether oxygens (including phenoxy) is 2. The predicted molar refractivity (Wildman–Crippen MR) is 104 cm³/mol. The molecule has 29 heavy (non-hydrogen) atoms. The van der Waals surface area contributed by atoms with E-state index in [1.54, 1.807) is 29.2 Å². The fourth-order valence-electron chi connectivity index (χ4n) is 2.98. The quantitative estimate of drug-likeness (QED) is 0.526. The molecule has 7 heteroatoms. The van der Waals surface area contributed by atoms with Gasteiger partial charge in [-0.15, -0.1) is 0 Å². The first-order valence-corrected chi connectivity index (χ1v) is 9.32. The first kappa shape index (κ1) is 20.5. The monoisotopic (exact) mass is 399 g/mol. The third-order valence-corrected chi connectivity index (χ3v) is 4.59. The molecular formula is C22H22FNO5. The number of hydrogen-bond acceptors (Lipinski definition) is 5. The SMILES string of the molecule is CC(C)(Oc1ccc(F)cc1)C(=O)OCC(=O)c1ccc(N2CCCC2=O)cc1. The maximum absolute atomic E-state index is 13.0. The third kappa shape index (κ3) is 4.99. The molecule has 152 valence electrons. The molecule has 0 unspecified atom stereocenters. The van der Waals surface area contributed by atoms with E-state index < -0.39 is 24.0 Å². The highest BCUT2D eigenvalue weighted by Gasteiger charge is 2.32. The number of hydrogen-bond donors (Lipinski definition) is 0. The Bertz CT molecular complexity index is 906. The van der Waals surface area contributed by atoms with Gasteiger partial charge in [0.15, 0.2) is 18.0 Å². The van der Waals surface area contributed by atoms with E-state index in [2.05, 4.69) is 0 Å². The van der Waals surface area contributed by atoms with E-state index in [4.69, 9.17) is 9.47 Å². The summed E-state index contributed by atoms with van der Waals surface area (Å²) in [7, 11) is 0. The fourth-order valence-corrected chi connectivity index (χ4v) is 2.98. The van der Waals surface area contributed by atoms with Crippen molar-refractivity contribution in [1.29, 1.82) is 0 Å². The zero-order valence-electron chi connectivity index (χ0n) is 16.3. The lowest BCUT2D eigenvalue weighted by atomic mass is 10.1. The van der Waals surface area contributed by atoms with Crippen molar-refractivity contribution < 1.29 is 28.2 Å². The van der Waals surface area contributed by atoms with Crippen LogP contribution in [0.15, 0.2) is 48.5 Å². The van der Waals surface area contributed by atoms with Crippen LogP contribution in [-0.2, 0) is 14.3 Å². The molecule has 0 spiro atoms. The average Bonchev–Trinajstić information content (AvgIpc) is 3.13. The minimum absolute atomic E-state index is 0.0707. The Labute approximate surface area is 168 Å². The van der Waals surface area contributed by atoms with Crippen LogP contribution < -0.4 is 9.64 Å². The molecule has 2 aromatic carbocycles. The minimum Gasteiger partial charge on any atom is -0.476 e. The molecule has 1 aliphatic heterocycles. The predicted octanol–water partition coefficient (Wildman–Crippen LogP) is 3.54. The molecular weight excluding hydrogens is 377 g/mol. The second-order valence-electron chi connectivity index (χ2n) is 7.26. The number of carbonyl (C=O) groups excluding carboxylic acids is 3. The van der Waals surface area contributed by atoms with Gasteiger partial charge in [0.2, 0.25) is 5.91 Å². The number of halogens is 1. The molecule has 0 aliphatic carbocycles. The highest BCUT2D eigenvalue weighted by Crippen LogP contribution is 2.22. The molecule has 0 N–H and O–H groups in total. The lowest BCUT2D eigenvalue weighted by molar-refractivity contribution is -0.158. The first-order chi connectivity index (χ1) is 13.8. The van der Waals surface area contributed by atoms with Crippen LogP contribution in [0.5, 0.6) is 5.75 Å². The standard InChI is InChI=1S/C22H22FNO5/c1-22(2,29-18-11-7-16(23)8-12-18)21(27)28-14-19(25)15-5-9-17(10-6-15)24-13-3-4-20(24)26/h5-12H,3-4,13-14H2,1-2H3. The van der Waals surface area contributed by atoms with Gasteiger partial charge in [-0.2, -0.15) is 0 Å². The van der Waals surface area contributed by atoms with Crippen LogP contribution in [0.1, 0.15) is 37.0 Å². The molecule has 3 rings (SSSR count). The molecule has 1 amide bonds. The van der Waals surface area contributed by atoms with Crippen molar-refractivity contribution in [1.82, 2.24) is 0 Å². The summed E-state index contributed by atoms with van der Waals surface area (Å²) in [5.74, 6) is -1.11. The van der Waals surface area contributed by atoms with Crippen LogP contribution >= 0.6 is 0 Å². The van der Waals surface area contributed by atoms with Crippen molar-refractivity contribution in [3.8, 4) is 5.75 Å². The molecule has 0 aromatic heterocycles.